The average molecular weight is 352 g/mol. The van der Waals surface area contributed by atoms with Crippen LogP contribution in [0.25, 0.3) is 11.0 Å². The molecular formula is C16H12BrF2NO. The summed E-state index contributed by atoms with van der Waals surface area (Å²) in [6.07, 6.45) is 0. The van der Waals surface area contributed by atoms with Crippen molar-refractivity contribution in [3.63, 3.8) is 0 Å². The highest BCUT2D eigenvalue weighted by atomic mass is 79.9. The molecule has 2 nitrogen and oxygen atoms in total. The predicted octanol–water partition coefficient (Wildman–Crippen LogP) is 4.78. The fraction of sp³-hybridized carbons (Fsp3) is 0.125. The fourth-order valence-corrected chi connectivity index (χ4v) is 2.98. The molecule has 1 heterocycles. The third-order valence-electron chi connectivity index (χ3n) is 3.38. The maximum Gasteiger partial charge on any atom is 0.169 e. The summed E-state index contributed by atoms with van der Waals surface area (Å²) in [6.45, 7) is 0. The highest BCUT2D eigenvalue weighted by Crippen LogP contribution is 2.34. The highest BCUT2D eigenvalue weighted by molar-refractivity contribution is 9.10. The minimum Gasteiger partial charge on any atom is -0.456 e. The Kier molecular flexibility index (Phi) is 3.78. The second-order valence-electron chi connectivity index (χ2n) is 4.66. The van der Waals surface area contributed by atoms with E-state index in [-0.39, 0.29) is 11.4 Å². The molecule has 0 radical (unpaired) electrons. The van der Waals surface area contributed by atoms with Crippen molar-refractivity contribution in [1.29, 1.82) is 0 Å². The van der Waals surface area contributed by atoms with Crippen LogP contribution >= 0.6 is 15.9 Å². The number of rotatable bonds is 3. The molecule has 0 fully saturated rings. The first-order valence-corrected chi connectivity index (χ1v) is 7.20. The molecule has 1 N–H and O–H groups in total. The topological polar surface area (TPSA) is 25.2 Å². The van der Waals surface area contributed by atoms with E-state index in [0.717, 1.165) is 0 Å². The molecule has 21 heavy (non-hydrogen) atoms. The maximum atomic E-state index is 14.1. The zero-order valence-corrected chi connectivity index (χ0v) is 12.7. The Morgan fingerprint density at radius 3 is 2.48 bits per heavy atom. The van der Waals surface area contributed by atoms with Gasteiger partial charge in [-0.3, -0.25) is 0 Å². The first kappa shape index (κ1) is 14.2. The molecule has 1 aromatic heterocycles. The van der Waals surface area contributed by atoms with Gasteiger partial charge < -0.3 is 9.73 Å². The van der Waals surface area contributed by atoms with Gasteiger partial charge in [-0.1, -0.05) is 34.1 Å². The lowest BCUT2D eigenvalue weighted by molar-refractivity contribution is 0.464. The van der Waals surface area contributed by atoms with Crippen LogP contribution in [-0.2, 0) is 0 Å². The Hall–Kier alpha value is -1.72. The third-order valence-corrected chi connectivity index (χ3v) is 4.07. The number of benzene rings is 2. The van der Waals surface area contributed by atoms with Crippen LogP contribution < -0.4 is 5.32 Å². The van der Waals surface area contributed by atoms with Crippen molar-refractivity contribution < 1.29 is 13.2 Å². The van der Waals surface area contributed by atoms with E-state index in [1.165, 1.54) is 12.1 Å². The zero-order chi connectivity index (χ0) is 15.0. The fourth-order valence-electron chi connectivity index (χ4n) is 2.41. The summed E-state index contributed by atoms with van der Waals surface area (Å²) in [5.41, 5.74) is 0.611. The Labute approximate surface area is 128 Å². The zero-order valence-electron chi connectivity index (χ0n) is 11.2. The lowest BCUT2D eigenvalue weighted by Gasteiger charge is -2.16. The van der Waals surface area contributed by atoms with Crippen molar-refractivity contribution in [2.24, 2.45) is 0 Å². The second-order valence-corrected chi connectivity index (χ2v) is 5.52. The molecule has 0 saturated heterocycles. The smallest absolute Gasteiger partial charge is 0.169 e. The van der Waals surface area contributed by atoms with Crippen molar-refractivity contribution in [2.45, 2.75) is 6.04 Å². The molecule has 0 bridgehead atoms. The van der Waals surface area contributed by atoms with Crippen molar-refractivity contribution in [1.82, 2.24) is 5.32 Å². The first-order valence-electron chi connectivity index (χ1n) is 6.41. The van der Waals surface area contributed by atoms with Crippen LogP contribution in [0.15, 0.2) is 51.4 Å². The molecule has 3 aromatic rings. The SMILES string of the molecule is CNC(c1cc2cccc(F)c2o1)c1c(F)cccc1Br. The van der Waals surface area contributed by atoms with E-state index in [9.17, 15) is 8.78 Å². The molecule has 0 aliphatic rings. The number of hydrogen-bond donors (Lipinski definition) is 1. The van der Waals surface area contributed by atoms with Gasteiger partial charge in [0, 0.05) is 15.4 Å². The summed E-state index contributed by atoms with van der Waals surface area (Å²) < 4.78 is 34.1. The quantitative estimate of drug-likeness (QED) is 0.734. The van der Waals surface area contributed by atoms with Crippen LogP contribution in [0.2, 0.25) is 0 Å². The Morgan fingerprint density at radius 1 is 1.10 bits per heavy atom. The molecule has 2 aromatic carbocycles. The van der Waals surface area contributed by atoms with Crippen LogP contribution in [0.3, 0.4) is 0 Å². The summed E-state index contributed by atoms with van der Waals surface area (Å²) in [7, 11) is 1.70. The second kappa shape index (κ2) is 5.58. The number of furan rings is 1. The van der Waals surface area contributed by atoms with E-state index in [1.54, 1.807) is 37.4 Å². The van der Waals surface area contributed by atoms with Gasteiger partial charge in [0.05, 0.1) is 6.04 Å². The molecule has 1 unspecified atom stereocenters. The first-order chi connectivity index (χ1) is 10.1. The van der Waals surface area contributed by atoms with Gasteiger partial charge in [0.1, 0.15) is 11.6 Å². The van der Waals surface area contributed by atoms with Gasteiger partial charge in [-0.15, -0.1) is 0 Å². The van der Waals surface area contributed by atoms with E-state index in [0.29, 0.717) is 21.2 Å². The molecule has 0 amide bonds. The summed E-state index contributed by atoms with van der Waals surface area (Å²) in [5, 5.41) is 3.66. The Balaban J connectivity index is 2.16. The molecule has 0 aliphatic heterocycles. The summed E-state index contributed by atoms with van der Waals surface area (Å²) in [6, 6.07) is 10.7. The summed E-state index contributed by atoms with van der Waals surface area (Å²) in [5.74, 6) is -0.325. The van der Waals surface area contributed by atoms with Crippen molar-refractivity contribution >= 4 is 26.9 Å². The highest BCUT2D eigenvalue weighted by Gasteiger charge is 2.23. The monoisotopic (exact) mass is 351 g/mol. The number of para-hydroxylation sites is 1. The van der Waals surface area contributed by atoms with E-state index >= 15 is 0 Å². The normalized spacial score (nSPS) is 12.8. The van der Waals surface area contributed by atoms with Crippen LogP contribution in [0.4, 0.5) is 8.78 Å². The largest absolute Gasteiger partial charge is 0.456 e. The van der Waals surface area contributed by atoms with Gasteiger partial charge in [-0.05, 0) is 31.3 Å². The number of hydrogen-bond acceptors (Lipinski definition) is 2. The number of halogens is 3. The minimum atomic E-state index is -0.507. The average Bonchev–Trinajstić information content (AvgIpc) is 2.88. The summed E-state index contributed by atoms with van der Waals surface area (Å²) in [4.78, 5) is 0. The maximum absolute atomic E-state index is 14.1. The van der Waals surface area contributed by atoms with Crippen LogP contribution in [0, 0.1) is 11.6 Å². The van der Waals surface area contributed by atoms with Gasteiger partial charge >= 0.3 is 0 Å². The van der Waals surface area contributed by atoms with E-state index in [1.807, 2.05) is 0 Å². The molecule has 0 spiro atoms. The van der Waals surface area contributed by atoms with E-state index < -0.39 is 11.9 Å². The van der Waals surface area contributed by atoms with Gasteiger partial charge in [-0.2, -0.15) is 0 Å². The van der Waals surface area contributed by atoms with Gasteiger partial charge in [0.15, 0.2) is 11.4 Å². The number of nitrogens with one attached hydrogen (secondary N) is 1. The third kappa shape index (κ3) is 2.47. The van der Waals surface area contributed by atoms with Crippen molar-refractivity contribution in [2.75, 3.05) is 7.05 Å². The lowest BCUT2D eigenvalue weighted by Crippen LogP contribution is -2.19. The molecule has 3 rings (SSSR count). The molecule has 108 valence electrons. The Morgan fingerprint density at radius 2 is 1.81 bits per heavy atom. The van der Waals surface area contributed by atoms with Crippen molar-refractivity contribution in [3.05, 3.63) is 69.9 Å². The predicted molar refractivity (Wildman–Crippen MR) is 81.2 cm³/mol. The molecule has 5 heteroatoms. The van der Waals surface area contributed by atoms with Crippen molar-refractivity contribution in [3.8, 4) is 0 Å². The van der Waals surface area contributed by atoms with Crippen LogP contribution in [0.5, 0.6) is 0 Å². The molecule has 0 aliphatic carbocycles. The molecule has 1 atom stereocenters. The lowest BCUT2D eigenvalue weighted by atomic mass is 10.0. The number of fused-ring (bicyclic) bond motifs is 1. The van der Waals surface area contributed by atoms with Crippen LogP contribution in [0.1, 0.15) is 17.4 Å². The van der Waals surface area contributed by atoms with Gasteiger partial charge in [0.2, 0.25) is 0 Å². The molecule has 0 saturated carbocycles. The minimum absolute atomic E-state index is 0.181. The van der Waals surface area contributed by atoms with E-state index in [2.05, 4.69) is 21.2 Å². The van der Waals surface area contributed by atoms with Crippen LogP contribution in [-0.4, -0.2) is 7.05 Å². The van der Waals surface area contributed by atoms with Gasteiger partial charge in [-0.25, -0.2) is 8.78 Å². The van der Waals surface area contributed by atoms with E-state index in [4.69, 9.17) is 4.42 Å². The standard InChI is InChI=1S/C16H12BrF2NO/c1-20-15(14-10(17)5-3-6-11(14)18)13-8-9-4-2-7-12(19)16(9)21-13/h2-8,15,20H,1H3. The summed E-state index contributed by atoms with van der Waals surface area (Å²) >= 11 is 3.35. The molecular weight excluding hydrogens is 340 g/mol. The van der Waals surface area contributed by atoms with Gasteiger partial charge in [0.25, 0.3) is 0 Å². The Bertz CT molecular complexity index is 780.